The summed E-state index contributed by atoms with van der Waals surface area (Å²) in [5.74, 6) is 0. The SMILES string of the molecule is CC(C)(C)OC(=O)N1CC[C@@H](Nc2cccc3c(CC(F)(F)F)c(I)sc23)[C@@H](F)C1. The first kappa shape index (κ1) is 23.4. The molecular formula is C20H23F4IN2O2S. The number of halogens is 5. The Bertz CT molecular complexity index is 926. The van der Waals surface area contributed by atoms with E-state index in [2.05, 4.69) is 5.32 Å². The summed E-state index contributed by atoms with van der Waals surface area (Å²) in [6, 6.07) is 4.55. The Labute approximate surface area is 190 Å². The normalized spacial score (nSPS) is 20.5. The molecule has 1 aliphatic heterocycles. The van der Waals surface area contributed by atoms with Crippen molar-refractivity contribution in [3.05, 3.63) is 26.6 Å². The maximum Gasteiger partial charge on any atom is 0.410 e. The third-order valence-corrected chi connectivity index (χ3v) is 7.06. The maximum absolute atomic E-state index is 14.8. The lowest BCUT2D eigenvalue weighted by molar-refractivity contribution is -0.127. The largest absolute Gasteiger partial charge is 0.444 e. The Balaban J connectivity index is 1.74. The van der Waals surface area contributed by atoms with E-state index < -0.39 is 36.5 Å². The second kappa shape index (κ2) is 8.68. The minimum Gasteiger partial charge on any atom is -0.444 e. The van der Waals surface area contributed by atoms with E-state index >= 15 is 0 Å². The van der Waals surface area contributed by atoms with E-state index in [4.69, 9.17) is 4.74 Å². The maximum atomic E-state index is 14.8. The Morgan fingerprint density at radius 2 is 2.03 bits per heavy atom. The van der Waals surface area contributed by atoms with Crippen molar-refractivity contribution < 1.29 is 27.1 Å². The topological polar surface area (TPSA) is 41.6 Å². The first-order valence-corrected chi connectivity index (χ1v) is 11.4. The summed E-state index contributed by atoms with van der Waals surface area (Å²) in [5, 5.41) is 3.69. The smallest absolute Gasteiger partial charge is 0.410 e. The fourth-order valence-electron chi connectivity index (χ4n) is 3.38. The molecular weight excluding hydrogens is 535 g/mol. The minimum atomic E-state index is -4.30. The summed E-state index contributed by atoms with van der Waals surface area (Å²) < 4.78 is 60.2. The van der Waals surface area contributed by atoms with Crippen molar-refractivity contribution in [2.45, 2.75) is 57.6 Å². The Morgan fingerprint density at radius 1 is 1.33 bits per heavy atom. The molecule has 1 aromatic carbocycles. The molecule has 4 nitrogen and oxygen atoms in total. The second-order valence-corrected chi connectivity index (χ2v) is 11.1. The van der Waals surface area contributed by atoms with Crippen molar-refractivity contribution in [1.82, 2.24) is 4.90 Å². The predicted octanol–water partition coefficient (Wildman–Crippen LogP) is 6.37. The number of hydrogen-bond donors (Lipinski definition) is 1. The molecule has 2 aromatic rings. The van der Waals surface area contributed by atoms with Crippen molar-refractivity contribution in [1.29, 1.82) is 0 Å². The quantitative estimate of drug-likeness (QED) is 0.352. The number of benzene rings is 1. The van der Waals surface area contributed by atoms with Crippen molar-refractivity contribution in [2.24, 2.45) is 0 Å². The fraction of sp³-hybridized carbons (Fsp3) is 0.550. The van der Waals surface area contributed by atoms with Gasteiger partial charge in [0.1, 0.15) is 11.8 Å². The van der Waals surface area contributed by atoms with Crippen LogP contribution in [0.25, 0.3) is 10.1 Å². The van der Waals surface area contributed by atoms with E-state index in [1.807, 2.05) is 22.6 Å². The number of nitrogens with one attached hydrogen (secondary N) is 1. The van der Waals surface area contributed by atoms with Gasteiger partial charge in [0.05, 0.1) is 32.3 Å². The third kappa shape index (κ3) is 5.68. The molecule has 1 N–H and O–H groups in total. The van der Waals surface area contributed by atoms with Crippen LogP contribution in [0, 0.1) is 2.88 Å². The van der Waals surface area contributed by atoms with Crippen molar-refractivity contribution in [3.63, 3.8) is 0 Å². The molecule has 1 amide bonds. The van der Waals surface area contributed by atoms with E-state index in [-0.39, 0.29) is 12.1 Å². The van der Waals surface area contributed by atoms with Gasteiger partial charge in [-0.2, -0.15) is 13.2 Å². The summed E-state index contributed by atoms with van der Waals surface area (Å²) >= 11 is 3.19. The second-order valence-electron chi connectivity index (χ2n) is 8.31. The van der Waals surface area contributed by atoms with Crippen molar-refractivity contribution in [2.75, 3.05) is 18.4 Å². The number of piperidine rings is 1. The van der Waals surface area contributed by atoms with Crippen LogP contribution in [0.3, 0.4) is 0 Å². The number of alkyl halides is 4. The van der Waals surface area contributed by atoms with Gasteiger partial charge < -0.3 is 15.0 Å². The van der Waals surface area contributed by atoms with Crippen LogP contribution in [0.5, 0.6) is 0 Å². The number of carbonyl (C=O) groups excluding carboxylic acids is 1. The molecule has 2 heterocycles. The highest BCUT2D eigenvalue weighted by molar-refractivity contribution is 14.1. The first-order valence-electron chi connectivity index (χ1n) is 9.49. The average molecular weight is 558 g/mol. The molecule has 30 heavy (non-hydrogen) atoms. The lowest BCUT2D eigenvalue weighted by atomic mass is 10.0. The summed E-state index contributed by atoms with van der Waals surface area (Å²) in [6.07, 6.45) is -6.79. The number of thiophene rings is 1. The highest BCUT2D eigenvalue weighted by Gasteiger charge is 2.34. The minimum absolute atomic E-state index is 0.0934. The van der Waals surface area contributed by atoms with Gasteiger partial charge in [0.25, 0.3) is 0 Å². The third-order valence-electron chi connectivity index (χ3n) is 4.68. The zero-order valence-corrected chi connectivity index (χ0v) is 19.8. The van der Waals surface area contributed by atoms with Gasteiger partial charge in [-0.3, -0.25) is 0 Å². The van der Waals surface area contributed by atoms with Crippen LogP contribution in [-0.2, 0) is 11.2 Å². The lowest BCUT2D eigenvalue weighted by Gasteiger charge is -2.36. The molecule has 0 unspecified atom stereocenters. The Hall–Kier alpha value is -1.30. The predicted molar refractivity (Wildman–Crippen MR) is 119 cm³/mol. The van der Waals surface area contributed by atoms with Crippen molar-refractivity contribution in [3.8, 4) is 0 Å². The number of fused-ring (bicyclic) bond motifs is 1. The molecule has 166 valence electrons. The zero-order chi connectivity index (χ0) is 22.3. The van der Waals surface area contributed by atoms with Gasteiger partial charge in [-0.1, -0.05) is 12.1 Å². The van der Waals surface area contributed by atoms with Gasteiger partial charge in [0.15, 0.2) is 0 Å². The molecule has 1 aliphatic rings. The molecule has 0 saturated carbocycles. The van der Waals surface area contributed by atoms with Gasteiger partial charge in [-0.15, -0.1) is 11.3 Å². The molecule has 0 bridgehead atoms. The number of hydrogen-bond acceptors (Lipinski definition) is 4. The van der Waals surface area contributed by atoms with Gasteiger partial charge in [-0.25, -0.2) is 9.18 Å². The van der Waals surface area contributed by atoms with Crippen LogP contribution in [0.1, 0.15) is 32.8 Å². The van der Waals surface area contributed by atoms with E-state index in [0.717, 1.165) is 0 Å². The molecule has 0 spiro atoms. The fourth-order valence-corrected chi connectivity index (χ4v) is 5.54. The summed E-state index contributed by atoms with van der Waals surface area (Å²) in [6.45, 7) is 5.50. The highest BCUT2D eigenvalue weighted by atomic mass is 127. The van der Waals surface area contributed by atoms with Crippen LogP contribution >= 0.6 is 33.9 Å². The number of anilines is 1. The van der Waals surface area contributed by atoms with Crippen LogP contribution in [0.2, 0.25) is 0 Å². The number of rotatable bonds is 3. The molecule has 1 saturated heterocycles. The van der Waals surface area contributed by atoms with Crippen LogP contribution in [0.15, 0.2) is 18.2 Å². The molecule has 1 aromatic heterocycles. The van der Waals surface area contributed by atoms with Crippen LogP contribution < -0.4 is 5.32 Å². The number of likely N-dealkylation sites (tertiary alicyclic amines) is 1. The Morgan fingerprint density at radius 3 is 2.63 bits per heavy atom. The number of carbonyl (C=O) groups is 1. The van der Waals surface area contributed by atoms with E-state index in [9.17, 15) is 22.4 Å². The highest BCUT2D eigenvalue weighted by Crippen LogP contribution is 2.40. The average Bonchev–Trinajstić information content (AvgIpc) is 2.90. The molecule has 2 atom stereocenters. The van der Waals surface area contributed by atoms with Gasteiger partial charge >= 0.3 is 12.3 Å². The van der Waals surface area contributed by atoms with Crippen LogP contribution in [0.4, 0.5) is 28.0 Å². The van der Waals surface area contributed by atoms with E-state index in [1.165, 1.54) is 16.2 Å². The standard InChI is InChI=1S/C20H23F4IN2O2S/c1-19(2,3)29-18(28)27-8-7-14(13(21)10-27)26-15-6-4-5-11-12(9-20(22,23)24)17(25)30-16(11)15/h4-6,13-14,26H,7-10H2,1-3H3/t13-,14+/m0/s1. The van der Waals surface area contributed by atoms with Gasteiger partial charge in [-0.05, 0) is 66.8 Å². The number of ether oxygens (including phenoxy) is 1. The van der Waals surface area contributed by atoms with E-state index in [0.29, 0.717) is 31.6 Å². The molecule has 3 rings (SSSR count). The summed E-state index contributed by atoms with van der Waals surface area (Å²) in [4.78, 5) is 13.5. The zero-order valence-electron chi connectivity index (χ0n) is 16.8. The molecule has 0 radical (unpaired) electrons. The Kier molecular flexibility index (Phi) is 6.76. The summed E-state index contributed by atoms with van der Waals surface area (Å²) in [7, 11) is 0. The summed E-state index contributed by atoms with van der Waals surface area (Å²) in [5.41, 5.74) is 0.212. The number of amides is 1. The van der Waals surface area contributed by atoms with Crippen molar-refractivity contribution >= 4 is 55.8 Å². The van der Waals surface area contributed by atoms with E-state index in [1.54, 1.807) is 39.0 Å². The number of nitrogens with zero attached hydrogens (tertiary/aromatic N) is 1. The van der Waals surface area contributed by atoms with Gasteiger partial charge in [0, 0.05) is 6.54 Å². The monoisotopic (exact) mass is 558 g/mol. The lowest BCUT2D eigenvalue weighted by Crippen LogP contribution is -2.51. The van der Waals surface area contributed by atoms with Crippen LogP contribution in [-0.4, -0.2) is 48.1 Å². The molecule has 1 fully saturated rings. The molecule has 10 heteroatoms. The molecule has 0 aliphatic carbocycles. The van der Waals surface area contributed by atoms with Gasteiger partial charge in [0.2, 0.25) is 0 Å². The first-order chi connectivity index (χ1) is 13.8.